The summed E-state index contributed by atoms with van der Waals surface area (Å²) in [5, 5.41) is 2.64. The van der Waals surface area contributed by atoms with E-state index in [0.29, 0.717) is 17.2 Å². The van der Waals surface area contributed by atoms with Gasteiger partial charge in [-0.1, -0.05) is 18.2 Å². The van der Waals surface area contributed by atoms with Gasteiger partial charge in [-0.3, -0.25) is 4.79 Å². The van der Waals surface area contributed by atoms with E-state index in [1.807, 2.05) is 18.2 Å². The fraction of sp³-hybridized carbons (Fsp3) is 0.300. The predicted octanol–water partition coefficient (Wildman–Crippen LogP) is 2.74. The van der Waals surface area contributed by atoms with Crippen molar-refractivity contribution in [2.45, 2.75) is 19.3 Å². The Morgan fingerprint density at radius 3 is 2.69 bits per heavy atom. The van der Waals surface area contributed by atoms with Crippen LogP contribution in [0.15, 0.2) is 42.5 Å². The van der Waals surface area contributed by atoms with E-state index in [0.717, 1.165) is 19.3 Å². The molecule has 1 aliphatic carbocycles. The second-order valence-corrected chi connectivity index (χ2v) is 5.98. The number of carbonyl (C=O) groups is 2. The van der Waals surface area contributed by atoms with E-state index in [2.05, 4.69) is 5.32 Å². The van der Waals surface area contributed by atoms with Gasteiger partial charge in [-0.25, -0.2) is 4.79 Å². The fourth-order valence-electron chi connectivity index (χ4n) is 2.90. The minimum absolute atomic E-state index is 0.235. The topological polar surface area (TPSA) is 73.9 Å². The highest BCUT2D eigenvalue weighted by atomic mass is 16.6. The Bertz CT molecular complexity index is 803. The van der Waals surface area contributed by atoms with Crippen molar-refractivity contribution in [1.29, 1.82) is 0 Å². The Hall–Kier alpha value is -3.02. The van der Waals surface area contributed by atoms with E-state index in [4.69, 9.17) is 14.2 Å². The smallest absolute Gasteiger partial charge is 0.344 e. The SMILES string of the molecule is COc1ccccc1NC(=O)COC(=O)COc1ccc2c(c1)CCC2. The summed E-state index contributed by atoms with van der Waals surface area (Å²) in [6.07, 6.45) is 3.29. The maximum absolute atomic E-state index is 11.9. The van der Waals surface area contributed by atoms with Crippen molar-refractivity contribution in [1.82, 2.24) is 0 Å². The zero-order valence-electron chi connectivity index (χ0n) is 14.6. The standard InChI is InChI=1S/C20H21NO5/c1-24-18-8-3-2-7-17(18)21-19(22)12-26-20(23)13-25-16-10-9-14-5-4-6-15(14)11-16/h2-3,7-11H,4-6,12-13H2,1H3,(H,21,22). The number of anilines is 1. The first-order chi connectivity index (χ1) is 12.7. The number of hydrogen-bond acceptors (Lipinski definition) is 5. The summed E-state index contributed by atoms with van der Waals surface area (Å²) < 4.78 is 15.5. The molecule has 1 N–H and O–H groups in total. The van der Waals surface area contributed by atoms with Crippen LogP contribution in [0.25, 0.3) is 0 Å². The molecule has 26 heavy (non-hydrogen) atoms. The summed E-state index contributed by atoms with van der Waals surface area (Å²) in [5.74, 6) is 0.134. The van der Waals surface area contributed by atoms with E-state index in [9.17, 15) is 9.59 Å². The normalized spacial score (nSPS) is 12.2. The molecule has 0 aromatic heterocycles. The molecule has 0 heterocycles. The van der Waals surface area contributed by atoms with Crippen molar-refractivity contribution in [3.63, 3.8) is 0 Å². The molecule has 0 radical (unpaired) electrons. The van der Waals surface area contributed by atoms with Crippen molar-refractivity contribution in [2.24, 2.45) is 0 Å². The molecule has 0 spiro atoms. The molecule has 2 aromatic carbocycles. The minimum atomic E-state index is -0.597. The molecule has 0 saturated carbocycles. The summed E-state index contributed by atoms with van der Waals surface area (Å²) >= 11 is 0. The van der Waals surface area contributed by atoms with Crippen LogP contribution in [-0.4, -0.2) is 32.2 Å². The lowest BCUT2D eigenvalue weighted by Crippen LogP contribution is -2.23. The number of fused-ring (bicyclic) bond motifs is 1. The van der Waals surface area contributed by atoms with E-state index in [1.165, 1.54) is 18.2 Å². The number of amides is 1. The van der Waals surface area contributed by atoms with Crippen molar-refractivity contribution >= 4 is 17.6 Å². The number of ether oxygens (including phenoxy) is 3. The van der Waals surface area contributed by atoms with Crippen molar-refractivity contribution < 1.29 is 23.8 Å². The molecule has 2 aromatic rings. The van der Waals surface area contributed by atoms with Crippen molar-refractivity contribution in [2.75, 3.05) is 25.6 Å². The Balaban J connectivity index is 1.43. The molecule has 0 aliphatic heterocycles. The number of carbonyl (C=O) groups excluding carboxylic acids is 2. The molecular weight excluding hydrogens is 334 g/mol. The molecule has 0 fully saturated rings. The third-order valence-electron chi connectivity index (χ3n) is 4.17. The molecule has 1 amide bonds. The Kier molecular flexibility index (Phi) is 5.73. The fourth-order valence-corrected chi connectivity index (χ4v) is 2.90. The molecule has 6 nitrogen and oxygen atoms in total. The third kappa shape index (κ3) is 4.53. The van der Waals surface area contributed by atoms with Crippen LogP contribution in [0, 0.1) is 0 Å². The first-order valence-corrected chi connectivity index (χ1v) is 8.49. The van der Waals surface area contributed by atoms with E-state index >= 15 is 0 Å². The number of esters is 1. The van der Waals surface area contributed by atoms with Gasteiger partial charge in [0, 0.05) is 0 Å². The second kappa shape index (κ2) is 8.38. The summed E-state index contributed by atoms with van der Waals surface area (Å²) in [6, 6.07) is 12.8. The van der Waals surface area contributed by atoms with Gasteiger partial charge >= 0.3 is 5.97 Å². The summed E-state index contributed by atoms with van der Waals surface area (Å²) in [7, 11) is 1.52. The average Bonchev–Trinajstić information content (AvgIpc) is 3.13. The molecule has 1 aliphatic rings. The van der Waals surface area contributed by atoms with Gasteiger partial charge in [0.1, 0.15) is 11.5 Å². The lowest BCUT2D eigenvalue weighted by molar-refractivity contribution is -0.149. The minimum Gasteiger partial charge on any atom is -0.495 e. The van der Waals surface area contributed by atoms with Crippen LogP contribution in [0.3, 0.4) is 0 Å². The summed E-state index contributed by atoms with van der Waals surface area (Å²) in [5.41, 5.74) is 3.13. The van der Waals surface area contributed by atoms with Crippen LogP contribution in [0.5, 0.6) is 11.5 Å². The van der Waals surface area contributed by atoms with Crippen LogP contribution in [0.4, 0.5) is 5.69 Å². The van der Waals surface area contributed by atoms with Gasteiger partial charge in [0.05, 0.1) is 12.8 Å². The van der Waals surface area contributed by atoms with Gasteiger partial charge in [-0.2, -0.15) is 0 Å². The van der Waals surface area contributed by atoms with E-state index < -0.39 is 11.9 Å². The maximum Gasteiger partial charge on any atom is 0.344 e. The summed E-state index contributed by atoms with van der Waals surface area (Å²) in [6.45, 7) is -0.620. The first kappa shape index (κ1) is 17.8. The van der Waals surface area contributed by atoms with Gasteiger partial charge in [0.2, 0.25) is 0 Å². The molecule has 0 saturated heterocycles. The van der Waals surface area contributed by atoms with Crippen molar-refractivity contribution in [3.05, 3.63) is 53.6 Å². The van der Waals surface area contributed by atoms with Gasteiger partial charge in [-0.15, -0.1) is 0 Å². The number of rotatable bonds is 7. The molecule has 6 heteroatoms. The molecular formula is C20H21NO5. The third-order valence-corrected chi connectivity index (χ3v) is 4.17. The van der Waals surface area contributed by atoms with Crippen LogP contribution in [-0.2, 0) is 27.2 Å². The largest absolute Gasteiger partial charge is 0.495 e. The molecule has 0 atom stereocenters. The number of hydrogen-bond donors (Lipinski definition) is 1. The van der Waals surface area contributed by atoms with Crippen molar-refractivity contribution in [3.8, 4) is 11.5 Å². The molecule has 0 bridgehead atoms. The van der Waals surface area contributed by atoms with E-state index in [1.54, 1.807) is 24.3 Å². The lowest BCUT2D eigenvalue weighted by Gasteiger charge is -2.10. The highest BCUT2D eigenvalue weighted by Crippen LogP contribution is 2.26. The number of benzene rings is 2. The first-order valence-electron chi connectivity index (χ1n) is 8.49. The zero-order valence-corrected chi connectivity index (χ0v) is 14.6. The lowest BCUT2D eigenvalue weighted by atomic mass is 10.1. The monoisotopic (exact) mass is 355 g/mol. The maximum atomic E-state index is 11.9. The number of methoxy groups -OCH3 is 1. The van der Waals surface area contributed by atoms with Crippen LogP contribution < -0.4 is 14.8 Å². The zero-order chi connectivity index (χ0) is 18.4. The highest BCUT2D eigenvalue weighted by molar-refractivity contribution is 5.94. The summed E-state index contributed by atoms with van der Waals surface area (Å²) in [4.78, 5) is 23.7. The number of para-hydroxylation sites is 2. The highest BCUT2D eigenvalue weighted by Gasteiger charge is 2.13. The van der Waals surface area contributed by atoms with Crippen LogP contribution in [0.2, 0.25) is 0 Å². The number of aryl methyl sites for hydroxylation is 2. The Morgan fingerprint density at radius 2 is 1.85 bits per heavy atom. The molecule has 0 unspecified atom stereocenters. The van der Waals surface area contributed by atoms with Gasteiger partial charge in [-0.05, 0) is 54.7 Å². The van der Waals surface area contributed by atoms with Gasteiger partial charge < -0.3 is 19.5 Å². The average molecular weight is 355 g/mol. The molecule has 3 rings (SSSR count). The Labute approximate surface area is 152 Å². The second-order valence-electron chi connectivity index (χ2n) is 5.98. The number of nitrogens with one attached hydrogen (secondary N) is 1. The van der Waals surface area contributed by atoms with E-state index in [-0.39, 0.29) is 13.2 Å². The Morgan fingerprint density at radius 1 is 1.04 bits per heavy atom. The van der Waals surface area contributed by atoms with Crippen LogP contribution in [0.1, 0.15) is 17.5 Å². The molecule has 136 valence electrons. The van der Waals surface area contributed by atoms with Gasteiger partial charge in [0.25, 0.3) is 5.91 Å². The predicted molar refractivity (Wildman–Crippen MR) is 96.5 cm³/mol. The quantitative estimate of drug-likeness (QED) is 0.773. The van der Waals surface area contributed by atoms with Crippen LogP contribution >= 0.6 is 0 Å². The van der Waals surface area contributed by atoms with Gasteiger partial charge in [0.15, 0.2) is 13.2 Å².